The Labute approximate surface area is 156 Å². The van der Waals surface area contributed by atoms with Gasteiger partial charge in [-0.2, -0.15) is 0 Å². The van der Waals surface area contributed by atoms with Crippen molar-refractivity contribution in [2.75, 3.05) is 7.05 Å². The maximum absolute atomic E-state index is 12.6. The van der Waals surface area contributed by atoms with Crippen molar-refractivity contribution in [3.8, 4) is 0 Å². The van der Waals surface area contributed by atoms with E-state index >= 15 is 0 Å². The number of likely N-dealkylation sites (N-methyl/N-ethyl adjacent to an activating group) is 1. The summed E-state index contributed by atoms with van der Waals surface area (Å²) in [5, 5.41) is 9.06. The standard InChI is InChI=1S/C19H28N2O3.ClH/c1-13(2)17(12-14(3)19(23)24)21(4)18(22)16(20)11-10-15-8-6-5-7-9-15;/h5-9,12-13,16-17H,10-11,20H2,1-4H3,(H,23,24);1H/t16-,17+;/m0./s1. The Balaban J connectivity index is 0.00000576. The lowest BCUT2D eigenvalue weighted by molar-refractivity contribution is -0.134. The molecule has 0 heterocycles. The molecule has 1 rings (SSSR count). The Hall–Kier alpha value is -1.85. The van der Waals surface area contributed by atoms with Crippen LogP contribution in [0.4, 0.5) is 0 Å². The lowest BCUT2D eigenvalue weighted by Crippen LogP contribution is -2.48. The van der Waals surface area contributed by atoms with Crippen LogP contribution in [0.25, 0.3) is 0 Å². The van der Waals surface area contributed by atoms with Gasteiger partial charge in [0.15, 0.2) is 0 Å². The highest BCUT2D eigenvalue weighted by Crippen LogP contribution is 2.15. The molecule has 0 radical (unpaired) electrons. The molecule has 0 aliphatic heterocycles. The number of hydrogen-bond donors (Lipinski definition) is 2. The molecular weight excluding hydrogens is 340 g/mol. The van der Waals surface area contributed by atoms with Crippen LogP contribution in [0.3, 0.4) is 0 Å². The number of aryl methyl sites for hydroxylation is 1. The molecule has 0 unspecified atom stereocenters. The van der Waals surface area contributed by atoms with Crippen molar-refractivity contribution < 1.29 is 14.7 Å². The summed E-state index contributed by atoms with van der Waals surface area (Å²) < 4.78 is 0. The van der Waals surface area contributed by atoms with Crippen LogP contribution in [-0.4, -0.2) is 41.0 Å². The second-order valence-electron chi connectivity index (χ2n) is 6.47. The molecule has 0 aliphatic rings. The molecule has 5 nitrogen and oxygen atoms in total. The number of nitrogens with two attached hydrogens (primary N) is 1. The molecule has 1 aromatic rings. The van der Waals surface area contributed by atoms with E-state index in [0.717, 1.165) is 12.0 Å². The Morgan fingerprint density at radius 1 is 1.24 bits per heavy atom. The maximum Gasteiger partial charge on any atom is 0.331 e. The van der Waals surface area contributed by atoms with Gasteiger partial charge in [0.2, 0.25) is 5.91 Å². The maximum atomic E-state index is 12.6. The van der Waals surface area contributed by atoms with Gasteiger partial charge in [0.05, 0.1) is 12.1 Å². The summed E-state index contributed by atoms with van der Waals surface area (Å²) in [6.45, 7) is 5.44. The van der Waals surface area contributed by atoms with E-state index in [1.54, 1.807) is 18.0 Å². The predicted octanol–water partition coefficient (Wildman–Crippen LogP) is 2.88. The first-order chi connectivity index (χ1) is 11.2. The third kappa shape index (κ3) is 7.28. The van der Waals surface area contributed by atoms with Crippen LogP contribution in [0.5, 0.6) is 0 Å². The van der Waals surface area contributed by atoms with E-state index in [1.165, 1.54) is 6.92 Å². The third-order valence-corrected chi connectivity index (χ3v) is 4.14. The first-order valence-corrected chi connectivity index (χ1v) is 8.22. The molecule has 2 atom stereocenters. The van der Waals surface area contributed by atoms with Crippen LogP contribution in [-0.2, 0) is 16.0 Å². The zero-order valence-electron chi connectivity index (χ0n) is 15.3. The van der Waals surface area contributed by atoms with Crippen molar-refractivity contribution in [2.45, 2.75) is 45.7 Å². The van der Waals surface area contributed by atoms with E-state index in [2.05, 4.69) is 0 Å². The molecule has 25 heavy (non-hydrogen) atoms. The summed E-state index contributed by atoms with van der Waals surface area (Å²) >= 11 is 0. The number of hydrogen-bond acceptors (Lipinski definition) is 3. The SMILES string of the molecule is CC(=C[C@H](C(C)C)N(C)C(=O)[C@@H](N)CCc1ccccc1)C(=O)O.Cl. The fourth-order valence-electron chi connectivity index (χ4n) is 2.58. The lowest BCUT2D eigenvalue weighted by atomic mass is 9.98. The van der Waals surface area contributed by atoms with Crippen LogP contribution < -0.4 is 5.73 Å². The third-order valence-electron chi connectivity index (χ3n) is 4.14. The molecule has 0 saturated heterocycles. The molecular formula is C19H29ClN2O3. The number of benzene rings is 1. The highest BCUT2D eigenvalue weighted by atomic mass is 35.5. The van der Waals surface area contributed by atoms with Gasteiger partial charge in [-0.05, 0) is 31.2 Å². The summed E-state index contributed by atoms with van der Waals surface area (Å²) in [7, 11) is 1.68. The molecule has 0 bridgehead atoms. The van der Waals surface area contributed by atoms with Crippen LogP contribution in [0.2, 0.25) is 0 Å². The summed E-state index contributed by atoms with van der Waals surface area (Å²) in [6, 6.07) is 9.00. The number of carbonyl (C=O) groups is 2. The first kappa shape index (κ1) is 23.1. The van der Waals surface area contributed by atoms with Gasteiger partial charge >= 0.3 is 5.97 Å². The minimum Gasteiger partial charge on any atom is -0.478 e. The van der Waals surface area contributed by atoms with Crippen LogP contribution >= 0.6 is 12.4 Å². The Morgan fingerprint density at radius 2 is 1.80 bits per heavy atom. The van der Waals surface area contributed by atoms with E-state index < -0.39 is 12.0 Å². The molecule has 1 aromatic carbocycles. The molecule has 6 heteroatoms. The molecule has 0 aromatic heterocycles. The van der Waals surface area contributed by atoms with Gasteiger partial charge in [-0.1, -0.05) is 50.3 Å². The van der Waals surface area contributed by atoms with Crippen molar-refractivity contribution in [2.24, 2.45) is 11.7 Å². The smallest absolute Gasteiger partial charge is 0.331 e. The van der Waals surface area contributed by atoms with Crippen LogP contribution in [0.1, 0.15) is 32.8 Å². The highest BCUT2D eigenvalue weighted by molar-refractivity contribution is 5.86. The van der Waals surface area contributed by atoms with Crippen LogP contribution in [0.15, 0.2) is 42.0 Å². The van der Waals surface area contributed by atoms with Crippen molar-refractivity contribution in [3.05, 3.63) is 47.5 Å². The summed E-state index contributed by atoms with van der Waals surface area (Å²) in [5.41, 5.74) is 7.44. The number of carboxylic acids is 1. The number of nitrogens with zero attached hydrogens (tertiary/aromatic N) is 1. The number of carbonyl (C=O) groups excluding carboxylic acids is 1. The number of rotatable bonds is 8. The first-order valence-electron chi connectivity index (χ1n) is 8.22. The van der Waals surface area contributed by atoms with Gasteiger partial charge in [0.25, 0.3) is 0 Å². The van der Waals surface area contributed by atoms with E-state index in [-0.39, 0.29) is 35.8 Å². The average molecular weight is 369 g/mol. The minimum absolute atomic E-state index is 0. The summed E-state index contributed by atoms with van der Waals surface area (Å²) in [5.74, 6) is -1.05. The predicted molar refractivity (Wildman–Crippen MR) is 103 cm³/mol. The van der Waals surface area contributed by atoms with Crippen molar-refractivity contribution in [1.82, 2.24) is 4.90 Å². The Kier molecular flexibility index (Phi) is 10.1. The number of aliphatic carboxylic acids is 1. The van der Waals surface area contributed by atoms with Crippen molar-refractivity contribution >= 4 is 24.3 Å². The second kappa shape index (κ2) is 10.9. The number of halogens is 1. The van der Waals surface area contributed by atoms with E-state index in [1.807, 2.05) is 44.2 Å². The highest BCUT2D eigenvalue weighted by Gasteiger charge is 2.26. The fraction of sp³-hybridized carbons (Fsp3) is 0.474. The fourth-order valence-corrected chi connectivity index (χ4v) is 2.58. The zero-order valence-corrected chi connectivity index (χ0v) is 16.1. The van der Waals surface area contributed by atoms with E-state index in [0.29, 0.717) is 6.42 Å². The van der Waals surface area contributed by atoms with Gasteiger partial charge in [-0.25, -0.2) is 4.79 Å². The second-order valence-corrected chi connectivity index (χ2v) is 6.47. The van der Waals surface area contributed by atoms with Gasteiger partial charge in [-0.3, -0.25) is 4.79 Å². The molecule has 1 amide bonds. The van der Waals surface area contributed by atoms with E-state index in [9.17, 15) is 9.59 Å². The molecule has 0 spiro atoms. The quantitative estimate of drug-likeness (QED) is 0.691. The number of amides is 1. The van der Waals surface area contributed by atoms with Crippen LogP contribution in [0, 0.1) is 5.92 Å². The molecule has 140 valence electrons. The largest absolute Gasteiger partial charge is 0.478 e. The summed E-state index contributed by atoms with van der Waals surface area (Å²) in [6.07, 6.45) is 2.91. The molecule has 3 N–H and O–H groups in total. The molecule has 0 aliphatic carbocycles. The lowest BCUT2D eigenvalue weighted by Gasteiger charge is -2.31. The van der Waals surface area contributed by atoms with E-state index in [4.69, 9.17) is 10.8 Å². The molecule has 0 fully saturated rings. The van der Waals surface area contributed by atoms with Crippen molar-refractivity contribution in [1.29, 1.82) is 0 Å². The topological polar surface area (TPSA) is 83.6 Å². The van der Waals surface area contributed by atoms with Gasteiger partial charge in [0.1, 0.15) is 0 Å². The molecule has 0 saturated carbocycles. The van der Waals surface area contributed by atoms with Gasteiger partial charge in [-0.15, -0.1) is 12.4 Å². The monoisotopic (exact) mass is 368 g/mol. The Bertz CT molecular complexity index is 588. The van der Waals surface area contributed by atoms with Gasteiger partial charge < -0.3 is 15.7 Å². The summed E-state index contributed by atoms with van der Waals surface area (Å²) in [4.78, 5) is 25.2. The number of carboxylic acid groups (broad SMARTS) is 1. The zero-order chi connectivity index (χ0) is 18.3. The minimum atomic E-state index is -0.977. The average Bonchev–Trinajstić information content (AvgIpc) is 2.56. The Morgan fingerprint density at radius 3 is 2.28 bits per heavy atom. The van der Waals surface area contributed by atoms with Gasteiger partial charge in [0, 0.05) is 12.6 Å². The van der Waals surface area contributed by atoms with Crippen molar-refractivity contribution in [3.63, 3.8) is 0 Å². The normalized spacial score (nSPS) is 13.8.